The topological polar surface area (TPSA) is 90.7 Å². The Bertz CT molecular complexity index is 877. The monoisotopic (exact) mass is 368 g/mol. The lowest BCUT2D eigenvalue weighted by molar-refractivity contribution is -0.385. The van der Waals surface area contributed by atoms with Crippen LogP contribution in [-0.2, 0) is 4.79 Å². The van der Waals surface area contributed by atoms with E-state index < -0.39 is 4.92 Å². The molecule has 1 heterocycles. The first kappa shape index (κ1) is 18.4. The lowest BCUT2D eigenvalue weighted by Gasteiger charge is -2.22. The molecule has 0 aromatic heterocycles. The third-order valence-electron chi connectivity index (χ3n) is 4.26. The summed E-state index contributed by atoms with van der Waals surface area (Å²) >= 11 is 0. The predicted molar refractivity (Wildman–Crippen MR) is 100 cm³/mol. The van der Waals surface area contributed by atoms with Crippen molar-refractivity contribution in [1.29, 1.82) is 0 Å². The highest BCUT2D eigenvalue weighted by Gasteiger charge is 2.22. The number of hydrogen-bond donors (Lipinski definition) is 1. The highest BCUT2D eigenvalue weighted by Crippen LogP contribution is 2.38. The molecular formula is C20H20N2O5. The highest BCUT2D eigenvalue weighted by atomic mass is 16.7. The van der Waals surface area contributed by atoms with Gasteiger partial charge in [0.15, 0.2) is 11.5 Å². The van der Waals surface area contributed by atoms with Crippen LogP contribution in [0, 0.1) is 16.0 Å². The van der Waals surface area contributed by atoms with Crippen LogP contribution in [-0.4, -0.2) is 17.6 Å². The van der Waals surface area contributed by atoms with Crippen molar-refractivity contribution in [1.82, 2.24) is 5.32 Å². The molecule has 3 rings (SSSR count). The molecule has 1 aliphatic heterocycles. The summed E-state index contributed by atoms with van der Waals surface area (Å²) in [6.45, 7) is 4.06. The van der Waals surface area contributed by atoms with Crippen molar-refractivity contribution in [2.24, 2.45) is 5.92 Å². The van der Waals surface area contributed by atoms with Crippen LogP contribution >= 0.6 is 0 Å². The number of nitrogens with one attached hydrogen (secondary N) is 1. The van der Waals surface area contributed by atoms with Crippen LogP contribution in [0.1, 0.15) is 31.0 Å². The number of nitro benzene ring substituents is 1. The van der Waals surface area contributed by atoms with Gasteiger partial charge in [0.1, 0.15) is 0 Å². The van der Waals surface area contributed by atoms with Crippen LogP contribution in [0.2, 0.25) is 0 Å². The zero-order chi connectivity index (χ0) is 19.4. The molecule has 0 aliphatic carbocycles. The normalized spacial score (nSPS) is 13.7. The average molecular weight is 368 g/mol. The summed E-state index contributed by atoms with van der Waals surface area (Å²) < 4.78 is 10.4. The van der Waals surface area contributed by atoms with Crippen LogP contribution < -0.4 is 14.8 Å². The highest BCUT2D eigenvalue weighted by molar-refractivity contribution is 5.92. The number of fused-ring (bicyclic) bond motifs is 1. The Morgan fingerprint density at radius 3 is 2.48 bits per heavy atom. The van der Waals surface area contributed by atoms with Gasteiger partial charge in [-0.2, -0.15) is 0 Å². The number of nitrogens with zero attached hydrogens (tertiary/aromatic N) is 1. The third-order valence-corrected chi connectivity index (χ3v) is 4.26. The lowest BCUT2D eigenvalue weighted by atomic mass is 9.96. The van der Waals surface area contributed by atoms with Gasteiger partial charge in [0.2, 0.25) is 12.7 Å². The first-order chi connectivity index (χ1) is 13.0. The molecule has 1 amide bonds. The fraction of sp³-hybridized carbons (Fsp3) is 0.250. The van der Waals surface area contributed by atoms with Crippen LogP contribution in [0.4, 0.5) is 5.69 Å². The van der Waals surface area contributed by atoms with Gasteiger partial charge in [0, 0.05) is 6.08 Å². The van der Waals surface area contributed by atoms with E-state index in [1.54, 1.807) is 0 Å². The Morgan fingerprint density at radius 2 is 1.85 bits per heavy atom. The summed E-state index contributed by atoms with van der Waals surface area (Å²) in [6.07, 6.45) is 2.71. The molecule has 0 bridgehead atoms. The smallest absolute Gasteiger partial charge is 0.280 e. The number of hydrogen-bond acceptors (Lipinski definition) is 5. The molecule has 0 fully saturated rings. The Hall–Kier alpha value is -3.35. The first-order valence-corrected chi connectivity index (χ1v) is 8.57. The average Bonchev–Trinajstić information content (AvgIpc) is 3.11. The molecular weight excluding hydrogens is 348 g/mol. The van der Waals surface area contributed by atoms with E-state index in [9.17, 15) is 14.9 Å². The summed E-state index contributed by atoms with van der Waals surface area (Å²) in [6, 6.07) is 12.3. The second-order valence-corrected chi connectivity index (χ2v) is 6.50. The van der Waals surface area contributed by atoms with Crippen molar-refractivity contribution in [2.45, 2.75) is 19.9 Å². The van der Waals surface area contributed by atoms with Crippen molar-refractivity contribution < 1.29 is 19.2 Å². The SMILES string of the molecule is CC(C)C(NC(=O)/C=C/c1cc2c(cc1[N+](=O)[O-])OCO2)c1ccccc1. The standard InChI is InChI=1S/C20H20N2O5/c1-13(2)20(14-6-4-3-5-7-14)21-19(23)9-8-15-10-17-18(27-12-26-17)11-16(15)22(24)25/h3-11,13,20H,12H2,1-2H3,(H,21,23)/b9-8+. The van der Waals surface area contributed by atoms with E-state index in [-0.39, 0.29) is 35.9 Å². The van der Waals surface area contributed by atoms with Crippen molar-refractivity contribution in [2.75, 3.05) is 6.79 Å². The number of carbonyl (C=O) groups is 1. The number of amides is 1. The fourth-order valence-electron chi connectivity index (χ4n) is 2.90. The number of nitro groups is 1. The quantitative estimate of drug-likeness (QED) is 0.475. The molecule has 7 heteroatoms. The van der Waals surface area contributed by atoms with Gasteiger partial charge in [-0.15, -0.1) is 0 Å². The molecule has 2 aromatic rings. The van der Waals surface area contributed by atoms with Crippen molar-refractivity contribution in [3.8, 4) is 11.5 Å². The minimum absolute atomic E-state index is 0.0211. The van der Waals surface area contributed by atoms with Gasteiger partial charge in [0.25, 0.3) is 5.69 Å². The number of benzene rings is 2. The Balaban J connectivity index is 1.79. The van der Waals surface area contributed by atoms with E-state index in [4.69, 9.17) is 9.47 Å². The second kappa shape index (κ2) is 7.90. The summed E-state index contributed by atoms with van der Waals surface area (Å²) in [7, 11) is 0. The van der Waals surface area contributed by atoms with Gasteiger partial charge in [-0.25, -0.2) is 0 Å². The number of carbonyl (C=O) groups excluding carboxylic acids is 1. The molecule has 1 atom stereocenters. The molecule has 0 saturated carbocycles. The predicted octanol–water partition coefficient (Wildman–Crippen LogP) is 3.85. The summed E-state index contributed by atoms with van der Waals surface area (Å²) in [5, 5.41) is 14.2. The number of ether oxygens (including phenoxy) is 2. The maximum atomic E-state index is 12.4. The largest absolute Gasteiger partial charge is 0.454 e. The molecule has 0 saturated heterocycles. The Kier molecular flexibility index (Phi) is 5.40. The van der Waals surface area contributed by atoms with Crippen LogP contribution in [0.25, 0.3) is 6.08 Å². The fourth-order valence-corrected chi connectivity index (χ4v) is 2.90. The first-order valence-electron chi connectivity index (χ1n) is 8.57. The van der Waals surface area contributed by atoms with E-state index >= 15 is 0 Å². The zero-order valence-corrected chi connectivity index (χ0v) is 15.0. The van der Waals surface area contributed by atoms with Crippen molar-refractivity contribution >= 4 is 17.7 Å². The maximum absolute atomic E-state index is 12.4. The Morgan fingerprint density at radius 1 is 1.19 bits per heavy atom. The summed E-state index contributed by atoms with van der Waals surface area (Å²) in [5.74, 6) is 0.603. The summed E-state index contributed by atoms with van der Waals surface area (Å²) in [4.78, 5) is 23.2. The molecule has 27 heavy (non-hydrogen) atoms. The van der Waals surface area contributed by atoms with Gasteiger partial charge >= 0.3 is 0 Å². The molecule has 2 aromatic carbocycles. The van der Waals surface area contributed by atoms with E-state index in [0.29, 0.717) is 11.5 Å². The van der Waals surface area contributed by atoms with Gasteiger partial charge < -0.3 is 14.8 Å². The van der Waals surface area contributed by atoms with Gasteiger partial charge in [-0.1, -0.05) is 44.2 Å². The second-order valence-electron chi connectivity index (χ2n) is 6.50. The summed E-state index contributed by atoms with van der Waals surface area (Å²) in [5.41, 5.74) is 1.13. The molecule has 0 radical (unpaired) electrons. The molecule has 1 unspecified atom stereocenters. The molecule has 140 valence electrons. The van der Waals surface area contributed by atoms with E-state index in [2.05, 4.69) is 5.32 Å². The Labute approximate surface area is 156 Å². The van der Waals surface area contributed by atoms with Crippen molar-refractivity contribution in [3.05, 3.63) is 69.8 Å². The van der Waals surface area contributed by atoms with Gasteiger partial charge in [-0.3, -0.25) is 14.9 Å². The lowest BCUT2D eigenvalue weighted by Crippen LogP contribution is -2.30. The number of rotatable bonds is 6. The van der Waals surface area contributed by atoms with Crippen LogP contribution in [0.15, 0.2) is 48.5 Å². The maximum Gasteiger partial charge on any atom is 0.280 e. The van der Waals surface area contributed by atoms with Crippen LogP contribution in [0.3, 0.4) is 0 Å². The van der Waals surface area contributed by atoms with E-state index in [1.165, 1.54) is 24.3 Å². The molecule has 1 N–H and O–H groups in total. The minimum Gasteiger partial charge on any atom is -0.454 e. The molecule has 0 spiro atoms. The minimum atomic E-state index is -0.513. The van der Waals surface area contributed by atoms with E-state index in [0.717, 1.165) is 5.56 Å². The van der Waals surface area contributed by atoms with Crippen LogP contribution in [0.5, 0.6) is 11.5 Å². The third kappa shape index (κ3) is 4.25. The molecule has 1 aliphatic rings. The van der Waals surface area contributed by atoms with Crippen molar-refractivity contribution in [3.63, 3.8) is 0 Å². The van der Waals surface area contributed by atoms with Gasteiger partial charge in [-0.05, 0) is 23.6 Å². The molecule has 7 nitrogen and oxygen atoms in total. The van der Waals surface area contributed by atoms with E-state index in [1.807, 2.05) is 44.2 Å². The zero-order valence-electron chi connectivity index (χ0n) is 15.0. The van der Waals surface area contributed by atoms with Gasteiger partial charge in [0.05, 0.1) is 22.6 Å².